The van der Waals surface area contributed by atoms with E-state index in [0.29, 0.717) is 0 Å². The molecule has 0 bridgehead atoms. The first-order chi connectivity index (χ1) is 8.52. The van der Waals surface area contributed by atoms with Crippen LogP contribution >= 0.6 is 43.5 Å². The maximum Gasteiger partial charge on any atom is 0.0967 e. The fourth-order valence-electron chi connectivity index (χ4n) is 1.56. The molecule has 0 N–H and O–H groups in total. The van der Waals surface area contributed by atoms with E-state index in [4.69, 9.17) is 11.6 Å². The molecule has 0 saturated heterocycles. The van der Waals surface area contributed by atoms with Gasteiger partial charge in [-0.15, -0.1) is 5.10 Å². The number of alkyl halides is 1. The molecule has 3 nitrogen and oxygen atoms in total. The number of rotatable bonds is 3. The van der Waals surface area contributed by atoms with Gasteiger partial charge in [0.1, 0.15) is 0 Å². The Hall–Kier alpha value is -0.390. The molecule has 0 saturated carbocycles. The van der Waals surface area contributed by atoms with E-state index in [0.717, 1.165) is 32.9 Å². The topological polar surface area (TPSA) is 30.7 Å². The zero-order chi connectivity index (χ0) is 13.3. The van der Waals surface area contributed by atoms with Crippen LogP contribution in [0.25, 0.3) is 5.69 Å². The first-order valence-electron chi connectivity index (χ1n) is 5.55. The third-order valence-electron chi connectivity index (χ3n) is 2.67. The van der Waals surface area contributed by atoms with Crippen molar-refractivity contribution in [1.82, 2.24) is 15.0 Å². The van der Waals surface area contributed by atoms with Gasteiger partial charge in [0.25, 0.3) is 0 Å². The van der Waals surface area contributed by atoms with E-state index in [1.165, 1.54) is 0 Å². The van der Waals surface area contributed by atoms with Crippen molar-refractivity contribution >= 4 is 43.5 Å². The first kappa shape index (κ1) is 14.0. The van der Waals surface area contributed by atoms with Crippen LogP contribution in [0, 0.1) is 6.92 Å². The zero-order valence-corrected chi connectivity index (χ0v) is 13.9. The number of aromatic nitrogens is 3. The Morgan fingerprint density at radius 1 is 1.44 bits per heavy atom. The summed E-state index contributed by atoms with van der Waals surface area (Å²) in [6.45, 7) is 4.06. The Morgan fingerprint density at radius 3 is 2.83 bits per heavy atom. The fraction of sp³-hybridized carbons (Fsp3) is 0.333. The maximum absolute atomic E-state index is 6.14. The minimum absolute atomic E-state index is 0.228. The average Bonchev–Trinajstić information content (AvgIpc) is 2.82. The quantitative estimate of drug-likeness (QED) is 0.699. The van der Waals surface area contributed by atoms with Crippen molar-refractivity contribution in [2.75, 3.05) is 0 Å². The highest BCUT2D eigenvalue weighted by Crippen LogP contribution is 2.29. The minimum Gasteiger partial charge on any atom is -0.219 e. The van der Waals surface area contributed by atoms with E-state index in [1.807, 2.05) is 25.3 Å². The molecule has 1 unspecified atom stereocenters. The zero-order valence-electron chi connectivity index (χ0n) is 9.99. The van der Waals surface area contributed by atoms with Gasteiger partial charge in [-0.05, 0) is 47.0 Å². The van der Waals surface area contributed by atoms with Crippen molar-refractivity contribution in [1.29, 1.82) is 0 Å². The fourth-order valence-corrected chi connectivity index (χ4v) is 2.57. The minimum atomic E-state index is 0.228. The van der Waals surface area contributed by atoms with Crippen LogP contribution in [0.4, 0.5) is 0 Å². The lowest BCUT2D eigenvalue weighted by Gasteiger charge is -2.06. The van der Waals surface area contributed by atoms with Crippen molar-refractivity contribution < 1.29 is 0 Å². The van der Waals surface area contributed by atoms with Crippen molar-refractivity contribution in [3.63, 3.8) is 0 Å². The average molecular weight is 394 g/mol. The van der Waals surface area contributed by atoms with E-state index < -0.39 is 0 Å². The van der Waals surface area contributed by atoms with Gasteiger partial charge in [0.05, 0.1) is 22.4 Å². The van der Waals surface area contributed by atoms with E-state index in [9.17, 15) is 0 Å². The Labute approximate surface area is 128 Å². The lowest BCUT2D eigenvalue weighted by molar-refractivity contribution is 0.788. The molecule has 0 aliphatic heterocycles. The molecule has 0 aliphatic rings. The van der Waals surface area contributed by atoms with Gasteiger partial charge in [-0.25, -0.2) is 4.68 Å². The van der Waals surface area contributed by atoms with Gasteiger partial charge >= 0.3 is 0 Å². The molecule has 1 atom stereocenters. The van der Waals surface area contributed by atoms with Crippen LogP contribution in [0.1, 0.15) is 29.4 Å². The Bertz CT molecular complexity index is 568. The van der Waals surface area contributed by atoms with E-state index >= 15 is 0 Å². The molecule has 0 amide bonds. The summed E-state index contributed by atoms with van der Waals surface area (Å²) in [5.41, 5.74) is 2.83. The molecule has 1 aromatic heterocycles. The summed E-state index contributed by atoms with van der Waals surface area (Å²) < 4.78 is 2.68. The summed E-state index contributed by atoms with van der Waals surface area (Å²) in [5, 5.41) is 9.01. The molecule has 0 spiro atoms. The summed E-state index contributed by atoms with van der Waals surface area (Å²) in [6, 6.07) is 3.86. The number of hydrogen-bond donors (Lipinski definition) is 0. The number of benzene rings is 1. The number of halogens is 3. The Balaban J connectivity index is 2.43. The molecule has 6 heteroatoms. The van der Waals surface area contributed by atoms with Crippen LogP contribution in [-0.2, 0) is 0 Å². The third-order valence-corrected chi connectivity index (χ3v) is 4.82. The molecular formula is C12H12Br2ClN3. The van der Waals surface area contributed by atoms with Gasteiger partial charge in [0.15, 0.2) is 0 Å². The SMILES string of the molecule is CCC(Br)c1cn(-c2cc(Cl)c(C)cc2Br)nn1. The molecule has 2 rings (SSSR count). The molecule has 2 aromatic rings. The van der Waals surface area contributed by atoms with Crippen molar-refractivity contribution in [2.24, 2.45) is 0 Å². The van der Waals surface area contributed by atoms with Gasteiger partial charge < -0.3 is 0 Å². The molecule has 0 fully saturated rings. The van der Waals surface area contributed by atoms with Crippen LogP contribution in [0.3, 0.4) is 0 Å². The van der Waals surface area contributed by atoms with Crippen LogP contribution < -0.4 is 0 Å². The maximum atomic E-state index is 6.14. The highest BCUT2D eigenvalue weighted by molar-refractivity contribution is 9.10. The van der Waals surface area contributed by atoms with Crippen LogP contribution in [0.5, 0.6) is 0 Å². The monoisotopic (exact) mass is 391 g/mol. The van der Waals surface area contributed by atoms with Crippen molar-refractivity contribution in [3.05, 3.63) is 39.1 Å². The largest absolute Gasteiger partial charge is 0.219 e. The molecule has 0 radical (unpaired) electrons. The van der Waals surface area contributed by atoms with Crippen LogP contribution in [-0.4, -0.2) is 15.0 Å². The third kappa shape index (κ3) is 2.78. The summed E-state index contributed by atoms with van der Waals surface area (Å²) in [4.78, 5) is 0.228. The number of aryl methyl sites for hydroxylation is 1. The summed E-state index contributed by atoms with van der Waals surface area (Å²) in [7, 11) is 0. The van der Waals surface area contributed by atoms with Gasteiger partial charge in [-0.2, -0.15) is 0 Å². The highest BCUT2D eigenvalue weighted by atomic mass is 79.9. The Morgan fingerprint density at radius 2 is 2.17 bits per heavy atom. The molecule has 0 aliphatic carbocycles. The summed E-state index contributed by atoms with van der Waals surface area (Å²) in [6.07, 6.45) is 2.88. The lowest BCUT2D eigenvalue weighted by Crippen LogP contribution is -1.97. The van der Waals surface area contributed by atoms with Gasteiger partial charge in [-0.3, -0.25) is 0 Å². The normalized spacial score (nSPS) is 12.7. The molecular weight excluding hydrogens is 381 g/mol. The van der Waals surface area contributed by atoms with Gasteiger partial charge in [0, 0.05) is 9.50 Å². The van der Waals surface area contributed by atoms with Crippen molar-refractivity contribution in [2.45, 2.75) is 25.1 Å². The predicted octanol–water partition coefficient (Wildman–Crippen LogP) is 4.84. The van der Waals surface area contributed by atoms with Gasteiger partial charge in [-0.1, -0.05) is 39.7 Å². The van der Waals surface area contributed by atoms with Gasteiger partial charge in [0.2, 0.25) is 0 Å². The highest BCUT2D eigenvalue weighted by Gasteiger charge is 2.12. The van der Waals surface area contributed by atoms with Crippen LogP contribution in [0.15, 0.2) is 22.8 Å². The smallest absolute Gasteiger partial charge is 0.0967 e. The first-order valence-corrected chi connectivity index (χ1v) is 7.64. The number of hydrogen-bond acceptors (Lipinski definition) is 2. The second-order valence-electron chi connectivity index (χ2n) is 4.02. The molecule has 18 heavy (non-hydrogen) atoms. The number of nitrogens with zero attached hydrogens (tertiary/aromatic N) is 3. The lowest BCUT2D eigenvalue weighted by atomic mass is 10.2. The van der Waals surface area contributed by atoms with E-state index in [2.05, 4.69) is 49.1 Å². The van der Waals surface area contributed by atoms with Crippen LogP contribution in [0.2, 0.25) is 5.02 Å². The standard InChI is InChI=1S/C12H12Br2ClN3/c1-3-8(13)11-6-18(17-16-11)12-5-10(15)7(2)4-9(12)14/h4-6,8H,3H2,1-2H3. The summed E-state index contributed by atoms with van der Waals surface area (Å²) in [5.74, 6) is 0. The van der Waals surface area contributed by atoms with E-state index in [-0.39, 0.29) is 4.83 Å². The predicted molar refractivity (Wildman–Crippen MR) is 80.8 cm³/mol. The molecule has 1 aromatic carbocycles. The second kappa shape index (κ2) is 5.72. The molecule has 1 heterocycles. The second-order valence-corrected chi connectivity index (χ2v) is 6.38. The Kier molecular flexibility index (Phi) is 4.45. The van der Waals surface area contributed by atoms with Crippen molar-refractivity contribution in [3.8, 4) is 5.69 Å². The molecule has 96 valence electrons. The van der Waals surface area contributed by atoms with E-state index in [1.54, 1.807) is 4.68 Å². The summed E-state index contributed by atoms with van der Waals surface area (Å²) >= 11 is 13.2.